The number of carbonyl (C=O) groups excluding carboxylic acids is 1. The van der Waals surface area contributed by atoms with E-state index in [1.807, 2.05) is 66.9 Å². The van der Waals surface area contributed by atoms with Crippen LogP contribution in [0.15, 0.2) is 53.7 Å². The minimum absolute atomic E-state index is 0.0816. The van der Waals surface area contributed by atoms with Crippen LogP contribution in [0.2, 0.25) is 0 Å². The average molecular weight is 455 g/mol. The molecule has 0 bridgehead atoms. The van der Waals surface area contributed by atoms with Crippen LogP contribution in [0.4, 0.5) is 5.69 Å². The monoisotopic (exact) mass is 454 g/mol. The average Bonchev–Trinajstić information content (AvgIpc) is 3.14. The summed E-state index contributed by atoms with van der Waals surface area (Å²) in [6.07, 6.45) is -0.316. The van der Waals surface area contributed by atoms with Crippen molar-refractivity contribution in [2.75, 3.05) is 18.2 Å². The number of ether oxygens (including phenoxy) is 2. The number of nitrogens with one attached hydrogen (secondary N) is 1. The van der Waals surface area contributed by atoms with Crippen molar-refractivity contribution in [3.63, 3.8) is 0 Å². The van der Waals surface area contributed by atoms with Gasteiger partial charge in [-0.2, -0.15) is 0 Å². The third-order valence-electron chi connectivity index (χ3n) is 4.65. The summed E-state index contributed by atoms with van der Waals surface area (Å²) in [6, 6.07) is 15.2. The second kappa shape index (κ2) is 11.0. The molecule has 2 aromatic carbocycles. The van der Waals surface area contributed by atoms with E-state index >= 15 is 0 Å². The van der Waals surface area contributed by atoms with Gasteiger partial charge < -0.3 is 19.4 Å². The topological polar surface area (TPSA) is 78.3 Å². The fraction of sp³-hybridized carbons (Fsp3) is 0.375. The molecule has 0 aliphatic rings. The van der Waals surface area contributed by atoms with Gasteiger partial charge in [0.05, 0.1) is 12.9 Å². The molecule has 0 aliphatic heterocycles. The number of aryl methyl sites for hydroxylation is 1. The Morgan fingerprint density at radius 1 is 1.09 bits per heavy atom. The number of benzene rings is 2. The Morgan fingerprint density at radius 2 is 1.84 bits per heavy atom. The molecule has 0 aliphatic carbocycles. The van der Waals surface area contributed by atoms with Gasteiger partial charge in [0.2, 0.25) is 5.91 Å². The lowest BCUT2D eigenvalue weighted by Crippen LogP contribution is -2.17. The van der Waals surface area contributed by atoms with Crippen LogP contribution < -0.4 is 14.8 Å². The zero-order valence-corrected chi connectivity index (χ0v) is 20.0. The first-order valence-corrected chi connectivity index (χ1v) is 11.6. The standard InChI is InChI=1S/C24H30N4O3S/c1-16(2)14-28-23(18(4)31-21-11-7-10-20(13-21)30-5)26-27-24(28)32-15-22(29)25-19-9-6-8-17(3)12-19/h6-13,16,18H,14-15H2,1-5H3,(H,25,29). The summed E-state index contributed by atoms with van der Waals surface area (Å²) >= 11 is 1.37. The van der Waals surface area contributed by atoms with Crippen molar-refractivity contribution in [1.82, 2.24) is 14.8 Å². The van der Waals surface area contributed by atoms with Crippen molar-refractivity contribution < 1.29 is 14.3 Å². The van der Waals surface area contributed by atoms with Gasteiger partial charge in [-0.25, -0.2) is 0 Å². The van der Waals surface area contributed by atoms with E-state index in [0.717, 1.165) is 29.4 Å². The first-order chi connectivity index (χ1) is 15.4. The van der Waals surface area contributed by atoms with Crippen molar-refractivity contribution >= 4 is 23.4 Å². The van der Waals surface area contributed by atoms with Gasteiger partial charge >= 0.3 is 0 Å². The number of amides is 1. The summed E-state index contributed by atoms with van der Waals surface area (Å²) < 4.78 is 13.4. The van der Waals surface area contributed by atoms with Crippen LogP contribution in [0, 0.1) is 12.8 Å². The zero-order chi connectivity index (χ0) is 23.1. The third kappa shape index (κ3) is 6.50. The molecule has 1 aromatic heterocycles. The highest BCUT2D eigenvalue weighted by Gasteiger charge is 2.21. The molecule has 0 spiro atoms. The van der Waals surface area contributed by atoms with E-state index in [1.54, 1.807) is 7.11 Å². The van der Waals surface area contributed by atoms with Crippen LogP contribution in [0.3, 0.4) is 0 Å². The highest BCUT2D eigenvalue weighted by molar-refractivity contribution is 7.99. The van der Waals surface area contributed by atoms with Crippen LogP contribution in [-0.4, -0.2) is 33.5 Å². The van der Waals surface area contributed by atoms with E-state index in [9.17, 15) is 4.79 Å². The van der Waals surface area contributed by atoms with Crippen molar-refractivity contribution in [3.8, 4) is 11.5 Å². The minimum Gasteiger partial charge on any atom is -0.497 e. The van der Waals surface area contributed by atoms with Gasteiger partial charge in [-0.3, -0.25) is 4.79 Å². The van der Waals surface area contributed by atoms with Crippen LogP contribution in [-0.2, 0) is 11.3 Å². The predicted octanol–water partition coefficient (Wildman–Crippen LogP) is 5.12. The number of anilines is 1. The smallest absolute Gasteiger partial charge is 0.234 e. The predicted molar refractivity (Wildman–Crippen MR) is 127 cm³/mol. The molecule has 8 heteroatoms. The van der Waals surface area contributed by atoms with Gasteiger partial charge in [0.25, 0.3) is 0 Å². The summed E-state index contributed by atoms with van der Waals surface area (Å²) in [6.45, 7) is 8.94. The summed E-state index contributed by atoms with van der Waals surface area (Å²) in [5.41, 5.74) is 1.89. The fourth-order valence-corrected chi connectivity index (χ4v) is 3.98. The second-order valence-electron chi connectivity index (χ2n) is 7.99. The number of hydrogen-bond acceptors (Lipinski definition) is 6. The Hall–Kier alpha value is -3.00. The minimum atomic E-state index is -0.316. The normalized spacial score (nSPS) is 11.9. The van der Waals surface area contributed by atoms with Gasteiger partial charge in [-0.15, -0.1) is 10.2 Å². The number of carbonyl (C=O) groups is 1. The number of aromatic nitrogens is 3. The molecule has 1 heterocycles. The maximum Gasteiger partial charge on any atom is 0.234 e. The molecule has 0 saturated carbocycles. The number of methoxy groups -OCH3 is 1. The molecule has 3 aromatic rings. The van der Waals surface area contributed by atoms with Crippen LogP contribution in [0.25, 0.3) is 0 Å². The summed E-state index contributed by atoms with van der Waals surface area (Å²) in [5.74, 6) is 2.70. The molecule has 1 unspecified atom stereocenters. The van der Waals surface area contributed by atoms with E-state index in [0.29, 0.717) is 16.8 Å². The third-order valence-corrected chi connectivity index (χ3v) is 5.61. The maximum atomic E-state index is 12.4. The number of thioether (sulfide) groups is 1. The molecule has 1 amide bonds. The quantitative estimate of drug-likeness (QED) is 0.428. The van der Waals surface area contributed by atoms with Crippen molar-refractivity contribution in [3.05, 3.63) is 59.9 Å². The largest absolute Gasteiger partial charge is 0.497 e. The molecule has 1 atom stereocenters. The molecular formula is C24H30N4O3S. The van der Waals surface area contributed by atoms with E-state index in [4.69, 9.17) is 9.47 Å². The summed E-state index contributed by atoms with van der Waals surface area (Å²) in [5, 5.41) is 12.4. The number of nitrogens with zero attached hydrogens (tertiary/aromatic N) is 3. The van der Waals surface area contributed by atoms with Gasteiger partial charge in [0.1, 0.15) is 11.5 Å². The maximum absolute atomic E-state index is 12.4. The first-order valence-electron chi connectivity index (χ1n) is 10.6. The number of rotatable bonds is 10. The van der Waals surface area contributed by atoms with Crippen LogP contribution >= 0.6 is 11.8 Å². The molecule has 0 saturated heterocycles. The Bertz CT molecular complexity index is 1050. The van der Waals surface area contributed by atoms with Crippen LogP contribution in [0.5, 0.6) is 11.5 Å². The Labute approximate surface area is 193 Å². The van der Waals surface area contributed by atoms with Gasteiger partial charge in [-0.05, 0) is 49.6 Å². The zero-order valence-electron chi connectivity index (χ0n) is 19.2. The molecule has 0 radical (unpaired) electrons. The molecule has 7 nitrogen and oxygen atoms in total. The molecule has 3 rings (SSSR count). The van der Waals surface area contributed by atoms with E-state index in [-0.39, 0.29) is 17.8 Å². The lowest BCUT2D eigenvalue weighted by Gasteiger charge is -2.18. The van der Waals surface area contributed by atoms with Gasteiger partial charge in [0.15, 0.2) is 17.1 Å². The molecule has 1 N–H and O–H groups in total. The number of hydrogen-bond donors (Lipinski definition) is 1. The molecule has 170 valence electrons. The van der Waals surface area contributed by atoms with Crippen LogP contribution in [0.1, 0.15) is 38.3 Å². The summed E-state index contributed by atoms with van der Waals surface area (Å²) in [4.78, 5) is 12.4. The van der Waals surface area contributed by atoms with Gasteiger partial charge in [0, 0.05) is 18.3 Å². The SMILES string of the molecule is COc1cccc(OC(C)c2nnc(SCC(=O)Nc3cccc(C)c3)n2CC(C)C)c1. The summed E-state index contributed by atoms with van der Waals surface area (Å²) in [7, 11) is 1.63. The van der Waals surface area contributed by atoms with Crippen molar-refractivity contribution in [1.29, 1.82) is 0 Å². The van der Waals surface area contributed by atoms with E-state index in [2.05, 4.69) is 29.4 Å². The van der Waals surface area contributed by atoms with Gasteiger partial charge in [-0.1, -0.05) is 43.8 Å². The molecule has 32 heavy (non-hydrogen) atoms. The first kappa shape index (κ1) is 23.7. The Kier molecular flexibility index (Phi) is 8.16. The Morgan fingerprint density at radius 3 is 2.56 bits per heavy atom. The lowest BCUT2D eigenvalue weighted by atomic mass is 10.2. The Balaban J connectivity index is 1.70. The highest BCUT2D eigenvalue weighted by atomic mass is 32.2. The van der Waals surface area contributed by atoms with Crippen molar-refractivity contribution in [2.24, 2.45) is 5.92 Å². The molecular weight excluding hydrogens is 424 g/mol. The second-order valence-corrected chi connectivity index (χ2v) is 8.93. The van der Waals surface area contributed by atoms with E-state index < -0.39 is 0 Å². The fourth-order valence-electron chi connectivity index (χ4n) is 3.23. The molecule has 0 fully saturated rings. The van der Waals surface area contributed by atoms with E-state index in [1.165, 1.54) is 11.8 Å². The highest BCUT2D eigenvalue weighted by Crippen LogP contribution is 2.27. The lowest BCUT2D eigenvalue weighted by molar-refractivity contribution is -0.113. The van der Waals surface area contributed by atoms with Crippen molar-refractivity contribution in [2.45, 2.75) is 45.5 Å².